The molecular weight excluding hydrogens is 359 g/mol. The van der Waals surface area contributed by atoms with Crippen LogP contribution in [-0.2, 0) is 17.3 Å². The highest BCUT2D eigenvalue weighted by Gasteiger charge is 2.53. The number of rotatable bonds is 3. The number of benzene rings is 1. The van der Waals surface area contributed by atoms with E-state index in [0.717, 1.165) is 29.2 Å². The van der Waals surface area contributed by atoms with Crippen LogP contribution in [0, 0.1) is 6.92 Å². The first-order valence-electron chi connectivity index (χ1n) is 8.75. The Balaban J connectivity index is 1.91. The number of ether oxygens (including phenoxy) is 1. The Kier molecular flexibility index (Phi) is 3.91. The van der Waals surface area contributed by atoms with Gasteiger partial charge in [0.2, 0.25) is 5.79 Å². The molecule has 144 valence electrons. The highest BCUT2D eigenvalue weighted by Crippen LogP contribution is 2.47. The van der Waals surface area contributed by atoms with E-state index in [0.29, 0.717) is 11.3 Å². The fourth-order valence-corrected chi connectivity index (χ4v) is 3.69. The lowest BCUT2D eigenvalue weighted by Gasteiger charge is -2.32. The number of hydrogen-bond acceptors (Lipinski definition) is 4. The molecule has 1 aromatic carbocycles. The Labute approximate surface area is 154 Å². The van der Waals surface area contributed by atoms with Gasteiger partial charge in [0.1, 0.15) is 18.5 Å². The number of fused-ring (bicyclic) bond motifs is 1. The van der Waals surface area contributed by atoms with Gasteiger partial charge in [-0.25, -0.2) is 4.68 Å². The molecule has 4 rings (SSSR count). The zero-order valence-electron chi connectivity index (χ0n) is 15.2. The molecule has 1 fully saturated rings. The average Bonchev–Trinajstić information content (AvgIpc) is 3.17. The zero-order chi connectivity index (χ0) is 19.6. The van der Waals surface area contributed by atoms with Gasteiger partial charge < -0.3 is 15.2 Å². The minimum atomic E-state index is -4.56. The van der Waals surface area contributed by atoms with Crippen molar-refractivity contribution in [1.82, 2.24) is 9.78 Å². The quantitative estimate of drug-likeness (QED) is 0.797. The molecule has 1 saturated heterocycles. The number of halogens is 3. The highest BCUT2D eigenvalue weighted by atomic mass is 19.4. The van der Waals surface area contributed by atoms with Crippen LogP contribution in [0.2, 0.25) is 0 Å². The predicted molar refractivity (Wildman–Crippen MR) is 93.1 cm³/mol. The highest BCUT2D eigenvalue weighted by molar-refractivity contribution is 5.55. The summed E-state index contributed by atoms with van der Waals surface area (Å²) in [5, 5.41) is 17.4. The fraction of sp³-hybridized carbons (Fsp3) is 0.421. The summed E-state index contributed by atoms with van der Waals surface area (Å²) in [7, 11) is 0. The molecule has 2 aliphatic heterocycles. The molecular formula is C19H20F3N3O2. The smallest absolute Gasteiger partial charge is 0.360 e. The number of epoxide rings is 1. The average molecular weight is 379 g/mol. The Morgan fingerprint density at radius 3 is 2.63 bits per heavy atom. The van der Waals surface area contributed by atoms with Gasteiger partial charge in [-0.05, 0) is 37.0 Å². The minimum Gasteiger partial charge on any atom is -0.360 e. The van der Waals surface area contributed by atoms with Gasteiger partial charge >= 0.3 is 6.18 Å². The van der Waals surface area contributed by atoms with Crippen LogP contribution in [0.5, 0.6) is 0 Å². The van der Waals surface area contributed by atoms with E-state index in [1.54, 1.807) is 6.92 Å². The molecule has 0 aliphatic carbocycles. The monoisotopic (exact) mass is 379 g/mol. The second kappa shape index (κ2) is 5.84. The molecule has 27 heavy (non-hydrogen) atoms. The van der Waals surface area contributed by atoms with Crippen molar-refractivity contribution in [2.24, 2.45) is 0 Å². The molecule has 5 nitrogen and oxygen atoms in total. The van der Waals surface area contributed by atoms with E-state index in [1.165, 1.54) is 4.68 Å². The summed E-state index contributed by atoms with van der Waals surface area (Å²) in [5.74, 6) is -1.25. The number of allylic oxidation sites excluding steroid dienone is 1. The van der Waals surface area contributed by atoms with Gasteiger partial charge in [0.25, 0.3) is 0 Å². The second-order valence-electron chi connectivity index (χ2n) is 7.04. The van der Waals surface area contributed by atoms with Crippen molar-refractivity contribution in [3.8, 4) is 0 Å². The topological polar surface area (TPSA) is 62.6 Å². The normalized spacial score (nSPS) is 24.6. The summed E-state index contributed by atoms with van der Waals surface area (Å²) >= 11 is 0. The molecule has 1 aromatic heterocycles. The van der Waals surface area contributed by atoms with Crippen LogP contribution in [0.25, 0.3) is 0 Å². The number of alkyl halides is 3. The summed E-state index contributed by atoms with van der Waals surface area (Å²) in [6.07, 6.45) is -3.76. The molecule has 2 unspecified atom stereocenters. The second-order valence-corrected chi connectivity index (χ2v) is 7.04. The van der Waals surface area contributed by atoms with Gasteiger partial charge in [-0.15, -0.1) is 0 Å². The van der Waals surface area contributed by atoms with Crippen molar-refractivity contribution in [2.75, 3.05) is 11.9 Å². The van der Waals surface area contributed by atoms with Crippen LogP contribution in [-0.4, -0.2) is 27.3 Å². The molecule has 0 bridgehead atoms. The Bertz CT molecular complexity index is 942. The van der Waals surface area contributed by atoms with Crippen LogP contribution in [0.4, 0.5) is 19.0 Å². The Hall–Kier alpha value is -2.32. The summed E-state index contributed by atoms with van der Waals surface area (Å²) < 4.78 is 46.2. The van der Waals surface area contributed by atoms with Crippen molar-refractivity contribution in [1.29, 1.82) is 0 Å². The fourth-order valence-electron chi connectivity index (χ4n) is 3.69. The van der Waals surface area contributed by atoms with E-state index >= 15 is 0 Å². The first-order chi connectivity index (χ1) is 12.6. The van der Waals surface area contributed by atoms with Crippen LogP contribution in [0.1, 0.15) is 42.3 Å². The van der Waals surface area contributed by atoms with Gasteiger partial charge in [-0.2, -0.15) is 18.3 Å². The van der Waals surface area contributed by atoms with E-state index in [1.807, 2.05) is 32.0 Å². The van der Waals surface area contributed by atoms with E-state index in [4.69, 9.17) is 4.74 Å². The van der Waals surface area contributed by atoms with Crippen molar-refractivity contribution >= 4 is 5.82 Å². The number of nitrogens with zero attached hydrogens (tertiary/aromatic N) is 2. The summed E-state index contributed by atoms with van der Waals surface area (Å²) in [6, 6.07) is 6.07. The van der Waals surface area contributed by atoms with E-state index in [9.17, 15) is 18.3 Å². The van der Waals surface area contributed by atoms with Crippen molar-refractivity contribution < 1.29 is 23.0 Å². The molecule has 2 aliphatic rings. The number of aromatic nitrogens is 2. The molecule has 8 heteroatoms. The predicted octanol–water partition coefficient (Wildman–Crippen LogP) is 3.78. The lowest BCUT2D eigenvalue weighted by molar-refractivity contribution is -0.141. The maximum atomic E-state index is 13.2. The molecule has 3 heterocycles. The first-order valence-corrected chi connectivity index (χ1v) is 8.75. The molecule has 2 atom stereocenters. The van der Waals surface area contributed by atoms with Gasteiger partial charge in [0, 0.05) is 17.3 Å². The number of aliphatic hydroxyl groups is 1. The molecule has 0 amide bonds. The van der Waals surface area contributed by atoms with Crippen molar-refractivity contribution in [2.45, 2.75) is 45.2 Å². The third-order valence-electron chi connectivity index (χ3n) is 5.17. The number of nitrogens with one attached hydrogen (secondary N) is 1. The molecule has 0 spiro atoms. The van der Waals surface area contributed by atoms with Gasteiger partial charge in [0.15, 0.2) is 5.69 Å². The third-order valence-corrected chi connectivity index (χ3v) is 5.17. The number of anilines is 1. The van der Waals surface area contributed by atoms with Gasteiger partial charge in [0.05, 0.1) is 0 Å². The Morgan fingerprint density at radius 1 is 1.33 bits per heavy atom. The largest absolute Gasteiger partial charge is 0.435 e. The summed E-state index contributed by atoms with van der Waals surface area (Å²) in [4.78, 5) is 0. The Morgan fingerprint density at radius 2 is 2.04 bits per heavy atom. The lowest BCUT2D eigenvalue weighted by Crippen LogP contribution is -2.32. The molecule has 2 aromatic rings. The van der Waals surface area contributed by atoms with Crippen molar-refractivity contribution in [3.05, 3.63) is 57.9 Å². The summed E-state index contributed by atoms with van der Waals surface area (Å²) in [6.45, 7) is 5.84. The van der Waals surface area contributed by atoms with E-state index < -0.39 is 23.7 Å². The van der Waals surface area contributed by atoms with Gasteiger partial charge in [-0.1, -0.05) is 25.1 Å². The summed E-state index contributed by atoms with van der Waals surface area (Å²) in [5.41, 5.74) is 3.04. The maximum Gasteiger partial charge on any atom is 0.435 e. The van der Waals surface area contributed by atoms with E-state index in [2.05, 4.69) is 10.4 Å². The number of aryl methyl sites for hydroxylation is 2. The van der Waals surface area contributed by atoms with Crippen molar-refractivity contribution in [3.63, 3.8) is 0 Å². The van der Waals surface area contributed by atoms with Crippen LogP contribution in [0.15, 0.2) is 35.5 Å². The van der Waals surface area contributed by atoms with Gasteiger partial charge in [-0.3, -0.25) is 0 Å². The molecule has 0 radical (unpaired) electrons. The lowest BCUT2D eigenvalue weighted by atomic mass is 9.89. The van der Waals surface area contributed by atoms with Crippen LogP contribution in [0.3, 0.4) is 0 Å². The first kappa shape index (κ1) is 18.1. The number of hydrogen-bond donors (Lipinski definition) is 2. The molecule has 2 N–H and O–H groups in total. The molecule has 0 saturated carbocycles. The van der Waals surface area contributed by atoms with Crippen LogP contribution < -0.4 is 5.32 Å². The standard InChI is InChI=1S/C19H20F3N3O2/c1-4-12-7-13(6-5-10(12)2)17-16(18(26)9-27-18)11(3)23-15-8-14(19(20,21)22)24-25(15)17/h5-8,17,23,26H,4,9H2,1-3H3. The van der Waals surface area contributed by atoms with Crippen LogP contribution >= 0.6 is 0 Å². The zero-order valence-corrected chi connectivity index (χ0v) is 15.2. The maximum absolute atomic E-state index is 13.2. The SMILES string of the molecule is CCc1cc(C2C(C3(O)CO3)=C(C)Nc3cc(C(F)(F)F)nn32)ccc1C. The third kappa shape index (κ3) is 2.93. The van der Waals surface area contributed by atoms with E-state index in [-0.39, 0.29) is 12.4 Å². The minimum absolute atomic E-state index is 0.104.